The fraction of sp³-hybridized carbons (Fsp3) is 0.125. The van der Waals surface area contributed by atoms with Crippen molar-refractivity contribution in [1.82, 2.24) is 4.98 Å². The number of rotatable bonds is 1. The lowest BCUT2D eigenvalue weighted by Crippen LogP contribution is -1.72. The fourth-order valence-corrected chi connectivity index (χ4v) is 1.81. The zero-order valence-corrected chi connectivity index (χ0v) is 6.74. The number of nitrogens with zero attached hydrogens (tertiary/aromatic N) is 1. The normalized spacial score (nSPS) is 11.2. The van der Waals surface area contributed by atoms with Gasteiger partial charge in [0.05, 0.1) is 9.58 Å². The minimum atomic E-state index is -2.39. The second-order valence-corrected chi connectivity index (χ2v) is 3.39. The summed E-state index contributed by atoms with van der Waals surface area (Å²) in [7, 11) is 0. The standard InChI is InChI=1S/C8H4F2NS/c9-8(10)6-3-5-1-2-11-4-7(5)12-6/h2-4,8H. The molecule has 0 aliphatic heterocycles. The van der Waals surface area contributed by atoms with E-state index < -0.39 is 6.43 Å². The van der Waals surface area contributed by atoms with Crippen LogP contribution >= 0.6 is 11.3 Å². The number of hydrogen-bond acceptors (Lipinski definition) is 2. The Morgan fingerprint density at radius 3 is 3.00 bits per heavy atom. The largest absolute Gasteiger partial charge is 0.272 e. The Morgan fingerprint density at radius 2 is 2.33 bits per heavy atom. The SMILES string of the molecule is FC(F)c1cc2[c]cncc2s1. The molecule has 0 aliphatic carbocycles. The first-order chi connectivity index (χ1) is 5.77. The second kappa shape index (κ2) is 2.79. The Hall–Kier alpha value is -1.03. The molecule has 2 aromatic heterocycles. The fourth-order valence-electron chi connectivity index (χ4n) is 0.953. The Morgan fingerprint density at radius 1 is 1.50 bits per heavy atom. The summed E-state index contributed by atoms with van der Waals surface area (Å²) in [5.41, 5.74) is 0. The van der Waals surface area contributed by atoms with E-state index >= 15 is 0 Å². The van der Waals surface area contributed by atoms with Crippen molar-refractivity contribution < 1.29 is 8.78 Å². The predicted molar refractivity (Wildman–Crippen MR) is 43.4 cm³/mol. The number of aromatic nitrogens is 1. The van der Waals surface area contributed by atoms with E-state index in [1.165, 1.54) is 12.3 Å². The Kier molecular flexibility index (Phi) is 1.77. The number of halogens is 2. The molecule has 0 spiro atoms. The van der Waals surface area contributed by atoms with E-state index in [9.17, 15) is 8.78 Å². The van der Waals surface area contributed by atoms with Crippen LogP contribution in [-0.2, 0) is 0 Å². The number of alkyl halides is 2. The van der Waals surface area contributed by atoms with Crippen LogP contribution in [0.2, 0.25) is 0 Å². The van der Waals surface area contributed by atoms with Crippen molar-refractivity contribution in [3.05, 3.63) is 29.4 Å². The smallest absolute Gasteiger partial charge is 0.263 e. The minimum absolute atomic E-state index is 0.0780. The van der Waals surface area contributed by atoms with Gasteiger partial charge in [-0.1, -0.05) is 0 Å². The molecule has 2 rings (SSSR count). The lowest BCUT2D eigenvalue weighted by molar-refractivity contribution is 0.156. The van der Waals surface area contributed by atoms with Crippen LogP contribution in [0.15, 0.2) is 18.5 Å². The molecule has 0 aliphatic rings. The zero-order chi connectivity index (χ0) is 8.55. The molecule has 2 aromatic rings. The van der Waals surface area contributed by atoms with E-state index in [2.05, 4.69) is 11.1 Å². The molecule has 0 atom stereocenters. The maximum Gasteiger partial charge on any atom is 0.272 e. The molecule has 1 radical (unpaired) electrons. The van der Waals surface area contributed by atoms with Crippen LogP contribution in [-0.4, -0.2) is 4.98 Å². The highest BCUT2D eigenvalue weighted by Gasteiger charge is 2.10. The summed E-state index contributed by atoms with van der Waals surface area (Å²) in [4.78, 5) is 3.87. The third kappa shape index (κ3) is 1.18. The topological polar surface area (TPSA) is 12.9 Å². The molecular formula is C8H4F2NS. The number of pyridine rings is 1. The van der Waals surface area contributed by atoms with Crippen molar-refractivity contribution in [1.29, 1.82) is 0 Å². The van der Waals surface area contributed by atoms with E-state index in [0.717, 1.165) is 16.0 Å². The van der Waals surface area contributed by atoms with Crippen molar-refractivity contribution in [2.24, 2.45) is 0 Å². The Bertz CT molecular complexity index is 364. The van der Waals surface area contributed by atoms with Gasteiger partial charge in [0, 0.05) is 23.8 Å². The monoisotopic (exact) mass is 184 g/mol. The molecular weight excluding hydrogens is 180 g/mol. The first-order valence-corrected chi connectivity index (χ1v) is 4.12. The van der Waals surface area contributed by atoms with Crippen LogP contribution in [0.5, 0.6) is 0 Å². The van der Waals surface area contributed by atoms with E-state index in [4.69, 9.17) is 0 Å². The van der Waals surface area contributed by atoms with Gasteiger partial charge in [-0.2, -0.15) is 0 Å². The molecule has 1 nitrogen and oxygen atoms in total. The molecule has 0 amide bonds. The molecule has 2 heterocycles. The van der Waals surface area contributed by atoms with Gasteiger partial charge in [0.25, 0.3) is 6.43 Å². The van der Waals surface area contributed by atoms with E-state index in [0.29, 0.717) is 5.39 Å². The number of thiophene rings is 1. The molecule has 0 saturated heterocycles. The third-order valence-electron chi connectivity index (χ3n) is 1.48. The Labute approximate surface area is 71.7 Å². The summed E-state index contributed by atoms with van der Waals surface area (Å²) in [5, 5.41) is 0.713. The van der Waals surface area contributed by atoms with E-state index in [-0.39, 0.29) is 4.88 Å². The maximum atomic E-state index is 12.2. The van der Waals surface area contributed by atoms with Gasteiger partial charge in [-0.25, -0.2) is 8.78 Å². The van der Waals surface area contributed by atoms with E-state index in [1.54, 1.807) is 6.20 Å². The molecule has 0 bridgehead atoms. The van der Waals surface area contributed by atoms with Crippen LogP contribution in [0.1, 0.15) is 11.3 Å². The van der Waals surface area contributed by atoms with Crippen LogP contribution in [0, 0.1) is 6.07 Å². The Balaban J connectivity index is 2.62. The van der Waals surface area contributed by atoms with Crippen LogP contribution in [0.3, 0.4) is 0 Å². The lowest BCUT2D eigenvalue weighted by Gasteiger charge is -1.87. The highest BCUT2D eigenvalue weighted by molar-refractivity contribution is 7.19. The van der Waals surface area contributed by atoms with Crippen molar-refractivity contribution in [3.63, 3.8) is 0 Å². The summed E-state index contributed by atoms with van der Waals surface area (Å²) in [6.45, 7) is 0. The molecule has 4 heteroatoms. The van der Waals surface area contributed by atoms with Crippen molar-refractivity contribution in [2.75, 3.05) is 0 Å². The molecule has 0 aromatic carbocycles. The molecule has 0 fully saturated rings. The van der Waals surface area contributed by atoms with Gasteiger partial charge in [-0.05, 0) is 6.07 Å². The quantitative estimate of drug-likeness (QED) is 0.663. The lowest BCUT2D eigenvalue weighted by atomic mass is 10.3. The average molecular weight is 184 g/mol. The van der Waals surface area contributed by atoms with Crippen LogP contribution < -0.4 is 0 Å². The molecule has 0 unspecified atom stereocenters. The molecule has 0 N–H and O–H groups in total. The van der Waals surface area contributed by atoms with Crippen molar-refractivity contribution in [2.45, 2.75) is 6.43 Å². The molecule has 12 heavy (non-hydrogen) atoms. The zero-order valence-electron chi connectivity index (χ0n) is 5.92. The predicted octanol–water partition coefficient (Wildman–Crippen LogP) is 3.03. The van der Waals surface area contributed by atoms with Crippen LogP contribution in [0.4, 0.5) is 8.78 Å². The highest BCUT2D eigenvalue weighted by Crippen LogP contribution is 2.31. The average Bonchev–Trinajstić information content (AvgIpc) is 2.46. The third-order valence-corrected chi connectivity index (χ3v) is 2.56. The van der Waals surface area contributed by atoms with Gasteiger partial charge in [-0.15, -0.1) is 11.3 Å². The minimum Gasteiger partial charge on any atom is -0.263 e. The summed E-state index contributed by atoms with van der Waals surface area (Å²) in [5.74, 6) is 0. The first-order valence-electron chi connectivity index (χ1n) is 3.30. The van der Waals surface area contributed by atoms with Gasteiger partial charge in [0.15, 0.2) is 0 Å². The van der Waals surface area contributed by atoms with Gasteiger partial charge < -0.3 is 0 Å². The first kappa shape index (κ1) is 7.61. The van der Waals surface area contributed by atoms with Gasteiger partial charge >= 0.3 is 0 Å². The number of hydrogen-bond donors (Lipinski definition) is 0. The summed E-state index contributed by atoms with van der Waals surface area (Å²) in [6, 6.07) is 4.24. The summed E-state index contributed by atoms with van der Waals surface area (Å²) < 4.78 is 25.1. The summed E-state index contributed by atoms with van der Waals surface area (Å²) >= 11 is 1.06. The molecule has 61 valence electrons. The van der Waals surface area contributed by atoms with Gasteiger partial charge in [-0.3, -0.25) is 4.98 Å². The highest BCUT2D eigenvalue weighted by atomic mass is 32.1. The van der Waals surface area contributed by atoms with Gasteiger partial charge in [0.2, 0.25) is 0 Å². The maximum absolute atomic E-state index is 12.2. The van der Waals surface area contributed by atoms with E-state index in [1.807, 2.05) is 0 Å². The van der Waals surface area contributed by atoms with Gasteiger partial charge in [0.1, 0.15) is 0 Å². The molecule has 0 saturated carbocycles. The van der Waals surface area contributed by atoms with Crippen molar-refractivity contribution >= 4 is 21.4 Å². The summed E-state index contributed by atoms with van der Waals surface area (Å²) in [6.07, 6.45) is 0.656. The van der Waals surface area contributed by atoms with Crippen molar-refractivity contribution in [3.8, 4) is 0 Å². The number of fused-ring (bicyclic) bond motifs is 1. The second-order valence-electron chi connectivity index (χ2n) is 2.28. The van der Waals surface area contributed by atoms with Crippen LogP contribution in [0.25, 0.3) is 10.1 Å².